The molecule has 1 saturated carbocycles. The molecule has 2 rings (SSSR count). The zero-order valence-electron chi connectivity index (χ0n) is 10.0. The van der Waals surface area contributed by atoms with Gasteiger partial charge in [0.05, 0.1) is 0 Å². The van der Waals surface area contributed by atoms with E-state index in [4.69, 9.17) is 11.6 Å². The maximum Gasteiger partial charge on any atom is 0.0485 e. The number of benzene rings is 1. The molecular formula is C14H19BrClN. The van der Waals surface area contributed by atoms with Gasteiger partial charge in [0.1, 0.15) is 0 Å². The number of anilines is 1. The van der Waals surface area contributed by atoms with Crippen molar-refractivity contribution in [2.45, 2.75) is 38.5 Å². The van der Waals surface area contributed by atoms with Crippen LogP contribution >= 0.6 is 27.5 Å². The summed E-state index contributed by atoms with van der Waals surface area (Å²) in [6.45, 7) is 1.08. The van der Waals surface area contributed by atoms with Crippen molar-refractivity contribution in [1.82, 2.24) is 0 Å². The van der Waals surface area contributed by atoms with Crippen LogP contribution in [0.1, 0.15) is 38.5 Å². The first-order valence-electron chi connectivity index (χ1n) is 6.44. The van der Waals surface area contributed by atoms with Crippen molar-refractivity contribution in [3.05, 3.63) is 27.7 Å². The van der Waals surface area contributed by atoms with Gasteiger partial charge in [-0.25, -0.2) is 0 Å². The van der Waals surface area contributed by atoms with Gasteiger partial charge in [-0.1, -0.05) is 37.3 Å². The summed E-state index contributed by atoms with van der Waals surface area (Å²) in [4.78, 5) is 0. The SMILES string of the molecule is Clc1ccc(NCC2CCCCCC2)c(Br)c1. The topological polar surface area (TPSA) is 12.0 Å². The Morgan fingerprint density at radius 1 is 1.18 bits per heavy atom. The van der Waals surface area contributed by atoms with Gasteiger partial charge in [-0.3, -0.25) is 0 Å². The van der Waals surface area contributed by atoms with Crippen LogP contribution in [0.25, 0.3) is 0 Å². The lowest BCUT2D eigenvalue weighted by molar-refractivity contribution is 0.483. The van der Waals surface area contributed by atoms with Gasteiger partial charge >= 0.3 is 0 Å². The molecule has 3 heteroatoms. The Morgan fingerprint density at radius 3 is 2.53 bits per heavy atom. The molecule has 0 saturated heterocycles. The number of nitrogens with one attached hydrogen (secondary N) is 1. The van der Waals surface area contributed by atoms with E-state index in [0.717, 1.165) is 27.6 Å². The Morgan fingerprint density at radius 2 is 1.88 bits per heavy atom. The fourth-order valence-electron chi connectivity index (χ4n) is 2.46. The average Bonchev–Trinajstić information content (AvgIpc) is 2.56. The summed E-state index contributed by atoms with van der Waals surface area (Å²) in [7, 11) is 0. The molecule has 0 amide bonds. The van der Waals surface area contributed by atoms with Crippen molar-refractivity contribution in [3.8, 4) is 0 Å². The lowest BCUT2D eigenvalue weighted by Gasteiger charge is -2.16. The summed E-state index contributed by atoms with van der Waals surface area (Å²) in [6.07, 6.45) is 8.38. The van der Waals surface area contributed by atoms with Crippen LogP contribution in [0, 0.1) is 5.92 Å². The molecule has 0 radical (unpaired) electrons. The van der Waals surface area contributed by atoms with Crippen LogP contribution in [-0.4, -0.2) is 6.54 Å². The monoisotopic (exact) mass is 315 g/mol. The highest BCUT2D eigenvalue weighted by molar-refractivity contribution is 9.10. The van der Waals surface area contributed by atoms with Crippen LogP contribution in [0.3, 0.4) is 0 Å². The predicted molar refractivity (Wildman–Crippen MR) is 78.8 cm³/mol. The van der Waals surface area contributed by atoms with Gasteiger partial charge in [-0.15, -0.1) is 0 Å². The van der Waals surface area contributed by atoms with Gasteiger partial charge in [-0.2, -0.15) is 0 Å². The van der Waals surface area contributed by atoms with Crippen LogP contribution in [0.15, 0.2) is 22.7 Å². The smallest absolute Gasteiger partial charge is 0.0485 e. The second-order valence-electron chi connectivity index (χ2n) is 4.86. The van der Waals surface area contributed by atoms with E-state index in [1.807, 2.05) is 18.2 Å². The van der Waals surface area contributed by atoms with Gasteiger partial charge in [-0.05, 0) is 52.9 Å². The molecule has 1 aliphatic rings. The van der Waals surface area contributed by atoms with Gasteiger partial charge < -0.3 is 5.32 Å². The largest absolute Gasteiger partial charge is 0.384 e. The summed E-state index contributed by atoms with van der Waals surface area (Å²) < 4.78 is 1.05. The highest BCUT2D eigenvalue weighted by Gasteiger charge is 2.12. The van der Waals surface area contributed by atoms with E-state index in [2.05, 4.69) is 21.2 Å². The van der Waals surface area contributed by atoms with E-state index in [-0.39, 0.29) is 0 Å². The van der Waals surface area contributed by atoms with E-state index in [1.165, 1.54) is 38.5 Å². The zero-order chi connectivity index (χ0) is 12.1. The molecule has 1 aromatic rings. The Labute approximate surface area is 117 Å². The van der Waals surface area contributed by atoms with Crippen LogP contribution in [0.4, 0.5) is 5.69 Å². The highest BCUT2D eigenvalue weighted by atomic mass is 79.9. The number of halogens is 2. The Hall–Kier alpha value is -0.210. The maximum absolute atomic E-state index is 5.93. The lowest BCUT2D eigenvalue weighted by Crippen LogP contribution is -2.13. The Bertz CT molecular complexity index is 359. The summed E-state index contributed by atoms with van der Waals surface area (Å²) in [5.41, 5.74) is 1.15. The molecule has 0 aliphatic heterocycles. The molecular weight excluding hydrogens is 298 g/mol. The number of hydrogen-bond acceptors (Lipinski definition) is 1. The molecule has 94 valence electrons. The van der Waals surface area contributed by atoms with Crippen molar-refractivity contribution in [1.29, 1.82) is 0 Å². The average molecular weight is 317 g/mol. The summed E-state index contributed by atoms with van der Waals surface area (Å²) >= 11 is 9.47. The zero-order valence-corrected chi connectivity index (χ0v) is 12.4. The van der Waals surface area contributed by atoms with E-state index in [9.17, 15) is 0 Å². The van der Waals surface area contributed by atoms with E-state index in [0.29, 0.717) is 0 Å². The minimum Gasteiger partial charge on any atom is -0.384 e. The fourth-order valence-corrected chi connectivity index (χ4v) is 3.28. The lowest BCUT2D eigenvalue weighted by atomic mass is 10.0. The second kappa shape index (κ2) is 6.65. The minimum atomic E-state index is 0.775. The standard InChI is InChI=1S/C14H19BrClN/c15-13-9-12(16)7-8-14(13)17-10-11-5-3-1-2-4-6-11/h7-9,11,17H,1-6,10H2. The molecule has 1 N–H and O–H groups in total. The van der Waals surface area contributed by atoms with Crippen molar-refractivity contribution in [2.24, 2.45) is 5.92 Å². The minimum absolute atomic E-state index is 0.775. The third kappa shape index (κ3) is 4.18. The van der Waals surface area contributed by atoms with Gasteiger partial charge in [0.2, 0.25) is 0 Å². The number of rotatable bonds is 3. The van der Waals surface area contributed by atoms with E-state index in [1.54, 1.807) is 0 Å². The molecule has 0 atom stereocenters. The van der Waals surface area contributed by atoms with Gasteiger partial charge in [0, 0.05) is 21.7 Å². The quantitative estimate of drug-likeness (QED) is 0.728. The summed E-state index contributed by atoms with van der Waals surface area (Å²) in [5, 5.41) is 4.31. The molecule has 1 nitrogen and oxygen atoms in total. The van der Waals surface area contributed by atoms with Gasteiger partial charge in [0.25, 0.3) is 0 Å². The highest BCUT2D eigenvalue weighted by Crippen LogP contribution is 2.28. The molecule has 0 spiro atoms. The first-order chi connectivity index (χ1) is 8.25. The van der Waals surface area contributed by atoms with Crippen LogP contribution < -0.4 is 5.32 Å². The van der Waals surface area contributed by atoms with Crippen molar-refractivity contribution in [2.75, 3.05) is 11.9 Å². The maximum atomic E-state index is 5.93. The summed E-state index contributed by atoms with van der Waals surface area (Å²) in [6, 6.07) is 5.92. The first kappa shape index (κ1) is 13.2. The van der Waals surface area contributed by atoms with E-state index >= 15 is 0 Å². The van der Waals surface area contributed by atoms with E-state index < -0.39 is 0 Å². The van der Waals surface area contributed by atoms with Crippen LogP contribution in [0.2, 0.25) is 5.02 Å². The second-order valence-corrected chi connectivity index (χ2v) is 6.15. The Kier molecular flexibility index (Phi) is 5.17. The predicted octanol–water partition coefficient (Wildman–Crippen LogP) is 5.48. The van der Waals surface area contributed by atoms with Crippen molar-refractivity contribution < 1.29 is 0 Å². The molecule has 0 bridgehead atoms. The molecule has 0 aromatic heterocycles. The third-order valence-corrected chi connectivity index (χ3v) is 4.38. The molecule has 0 unspecified atom stereocenters. The fraction of sp³-hybridized carbons (Fsp3) is 0.571. The molecule has 1 aliphatic carbocycles. The third-order valence-electron chi connectivity index (χ3n) is 3.49. The normalized spacial score (nSPS) is 17.8. The number of hydrogen-bond donors (Lipinski definition) is 1. The first-order valence-corrected chi connectivity index (χ1v) is 7.62. The molecule has 0 heterocycles. The van der Waals surface area contributed by atoms with Crippen molar-refractivity contribution >= 4 is 33.2 Å². The van der Waals surface area contributed by atoms with Crippen molar-refractivity contribution in [3.63, 3.8) is 0 Å². The van der Waals surface area contributed by atoms with Crippen LogP contribution in [-0.2, 0) is 0 Å². The Balaban J connectivity index is 1.88. The molecule has 1 aromatic carbocycles. The van der Waals surface area contributed by atoms with Gasteiger partial charge in [0.15, 0.2) is 0 Å². The molecule has 17 heavy (non-hydrogen) atoms. The molecule has 1 fully saturated rings. The van der Waals surface area contributed by atoms with Crippen LogP contribution in [0.5, 0.6) is 0 Å². The summed E-state index contributed by atoms with van der Waals surface area (Å²) in [5.74, 6) is 0.833.